The van der Waals surface area contributed by atoms with Crippen LogP contribution in [0.15, 0.2) is 0 Å². The van der Waals surface area contributed by atoms with Gasteiger partial charge in [-0.1, -0.05) is 41.5 Å². The molecule has 0 aliphatic rings. The Balaban J connectivity index is 5.40. The van der Waals surface area contributed by atoms with Crippen molar-refractivity contribution in [3.05, 3.63) is 0 Å². The lowest BCUT2D eigenvalue weighted by atomic mass is 10.2. The van der Waals surface area contributed by atoms with Crippen LogP contribution in [0.25, 0.3) is 0 Å². The normalized spacial score (nSPS) is 14.1. The molecule has 0 spiro atoms. The van der Waals surface area contributed by atoms with Crippen LogP contribution < -0.4 is 5.32 Å². The minimum Gasteiger partial charge on any atom is -0.519 e. The van der Waals surface area contributed by atoms with E-state index in [9.17, 15) is 14.4 Å². The number of nitrogens with one attached hydrogen (secondary N) is 1. The second-order valence-corrected chi connectivity index (χ2v) is 19.5. The number of hydrogen-bond donors (Lipinski definition) is 1. The van der Waals surface area contributed by atoms with Crippen molar-refractivity contribution in [2.24, 2.45) is 0 Å². The van der Waals surface area contributed by atoms with Gasteiger partial charge in [-0.3, -0.25) is 9.59 Å². The molecular weight excluding hydrogens is 394 g/mol. The minimum atomic E-state index is -2.41. The molecule has 0 aliphatic heterocycles. The molecule has 0 aromatic heterocycles. The number of rotatable bonds is 7. The predicted octanol–water partition coefficient (Wildman–Crippen LogP) is 4.59. The lowest BCUT2D eigenvalue weighted by Gasteiger charge is -2.37. The van der Waals surface area contributed by atoms with Crippen LogP contribution in [-0.2, 0) is 23.2 Å². The van der Waals surface area contributed by atoms with E-state index in [2.05, 4.69) is 5.32 Å². The third-order valence-corrected chi connectivity index (χ3v) is 14.2. The number of ether oxygens (including phenoxy) is 1. The van der Waals surface area contributed by atoms with E-state index in [0.717, 1.165) is 0 Å². The number of alkyl carbamates (subject to hydrolysis) is 1. The fraction of sp³-hybridized carbons (Fsp3) is 0.842. The first-order chi connectivity index (χ1) is 12.3. The summed E-state index contributed by atoms with van der Waals surface area (Å²) in [6.45, 7) is 21.7. The van der Waals surface area contributed by atoms with Gasteiger partial charge in [-0.15, -0.1) is 0 Å². The summed E-state index contributed by atoms with van der Waals surface area (Å²) in [5, 5.41) is 2.09. The van der Waals surface area contributed by atoms with Gasteiger partial charge in [-0.25, -0.2) is 4.79 Å². The zero-order valence-electron chi connectivity index (χ0n) is 19.4. The number of hydrogen-bond acceptors (Lipinski definition) is 6. The number of carbonyl (C=O) groups is 3. The summed E-state index contributed by atoms with van der Waals surface area (Å²) in [7, 11) is -4.75. The van der Waals surface area contributed by atoms with E-state index in [1.54, 1.807) is 6.92 Å². The fourth-order valence-corrected chi connectivity index (χ4v) is 3.54. The van der Waals surface area contributed by atoms with Gasteiger partial charge in [0.2, 0.25) is 0 Å². The second-order valence-electron chi connectivity index (χ2n) is 10.0. The Hall–Kier alpha value is -1.36. The summed E-state index contributed by atoms with van der Waals surface area (Å²) in [5.74, 6) is -1.16. The van der Waals surface area contributed by atoms with Crippen molar-refractivity contribution >= 4 is 34.7 Å². The summed E-state index contributed by atoms with van der Waals surface area (Å²) < 4.78 is 16.4. The zero-order chi connectivity index (χ0) is 22.6. The molecule has 0 saturated heterocycles. The first kappa shape index (κ1) is 26.6. The van der Waals surface area contributed by atoms with Crippen molar-refractivity contribution in [1.29, 1.82) is 0 Å². The second kappa shape index (κ2) is 9.43. The smallest absolute Gasteiger partial charge is 0.407 e. The largest absolute Gasteiger partial charge is 0.519 e. The van der Waals surface area contributed by atoms with Crippen molar-refractivity contribution in [2.75, 3.05) is 6.61 Å². The Morgan fingerprint density at radius 1 is 0.857 bits per heavy atom. The average Bonchev–Trinajstić information content (AvgIpc) is 2.43. The molecule has 1 N–H and O–H groups in total. The maximum Gasteiger partial charge on any atom is 0.407 e. The molecule has 0 aromatic rings. The molecule has 164 valence electrons. The molecule has 0 rings (SSSR count). The van der Waals surface area contributed by atoms with Crippen molar-refractivity contribution in [1.82, 2.24) is 5.32 Å². The van der Waals surface area contributed by atoms with Gasteiger partial charge >= 0.3 is 12.1 Å². The highest BCUT2D eigenvalue weighted by atomic mass is 28.4. The quantitative estimate of drug-likeness (QED) is 0.591. The van der Waals surface area contributed by atoms with Gasteiger partial charge in [0.15, 0.2) is 0 Å². The first-order valence-electron chi connectivity index (χ1n) is 9.72. The SMILES string of the molecule is CCOC(=O)NC(CC(=O)O[Si](C)(C)C(C)(C)C)C(=O)O[Si](C)(C)C(C)(C)C. The summed E-state index contributed by atoms with van der Waals surface area (Å²) in [6, 6.07) is -1.15. The number of amides is 1. The highest BCUT2D eigenvalue weighted by Gasteiger charge is 2.44. The van der Waals surface area contributed by atoms with Crippen molar-refractivity contribution in [3.63, 3.8) is 0 Å². The molecule has 9 heteroatoms. The molecule has 0 saturated carbocycles. The lowest BCUT2D eigenvalue weighted by molar-refractivity contribution is -0.144. The molecule has 0 radical (unpaired) electrons. The van der Waals surface area contributed by atoms with Crippen LogP contribution in [-0.4, -0.2) is 47.3 Å². The van der Waals surface area contributed by atoms with Gasteiger partial charge in [0.25, 0.3) is 22.6 Å². The van der Waals surface area contributed by atoms with Gasteiger partial charge < -0.3 is 18.9 Å². The Bertz CT molecular complexity index is 576. The van der Waals surface area contributed by atoms with E-state index in [1.807, 2.05) is 67.7 Å². The van der Waals surface area contributed by atoms with Crippen LogP contribution >= 0.6 is 0 Å². The fourth-order valence-electron chi connectivity index (χ4n) is 1.63. The molecule has 0 aromatic carbocycles. The van der Waals surface area contributed by atoms with Gasteiger partial charge in [0, 0.05) is 0 Å². The molecule has 1 amide bonds. The standard InChI is InChI=1S/C19H39NO6Si2/c1-12-24-17(23)20-14(16(22)26-28(10,11)19(5,6)7)13-15(21)25-27(8,9)18(2,3)4/h14H,12-13H2,1-11H3,(H,20,23). The molecule has 1 atom stereocenters. The van der Waals surface area contributed by atoms with Gasteiger partial charge in [-0.2, -0.15) is 0 Å². The highest BCUT2D eigenvalue weighted by molar-refractivity contribution is 6.76. The van der Waals surface area contributed by atoms with E-state index < -0.39 is 40.7 Å². The Labute approximate surface area is 172 Å². The molecule has 1 unspecified atom stereocenters. The van der Waals surface area contributed by atoms with Crippen LogP contribution in [0.1, 0.15) is 54.9 Å². The zero-order valence-corrected chi connectivity index (χ0v) is 21.4. The Kier molecular flexibility index (Phi) is 8.97. The monoisotopic (exact) mass is 433 g/mol. The van der Waals surface area contributed by atoms with E-state index in [-0.39, 0.29) is 23.1 Å². The molecule has 0 bridgehead atoms. The molecule has 0 aliphatic carbocycles. The number of carbonyl (C=O) groups excluding carboxylic acids is 3. The minimum absolute atomic E-state index is 0.157. The summed E-state index contributed by atoms with van der Waals surface area (Å²) in [6.07, 6.45) is -1.06. The van der Waals surface area contributed by atoms with Crippen molar-refractivity contribution in [3.8, 4) is 0 Å². The summed E-state index contributed by atoms with van der Waals surface area (Å²) >= 11 is 0. The van der Waals surface area contributed by atoms with Crippen molar-refractivity contribution in [2.45, 2.75) is 97.2 Å². The van der Waals surface area contributed by atoms with E-state index in [4.69, 9.17) is 13.6 Å². The highest BCUT2D eigenvalue weighted by Crippen LogP contribution is 2.38. The first-order valence-corrected chi connectivity index (χ1v) is 15.5. The van der Waals surface area contributed by atoms with Crippen molar-refractivity contribution < 1.29 is 28.0 Å². The van der Waals surface area contributed by atoms with Crippen LogP contribution in [0.3, 0.4) is 0 Å². The Morgan fingerprint density at radius 3 is 1.68 bits per heavy atom. The molecular formula is C19H39NO6Si2. The molecule has 28 heavy (non-hydrogen) atoms. The third-order valence-electron chi connectivity index (χ3n) is 5.56. The third kappa shape index (κ3) is 7.94. The van der Waals surface area contributed by atoms with Gasteiger partial charge in [0.1, 0.15) is 6.04 Å². The van der Waals surface area contributed by atoms with Crippen LogP contribution in [0.2, 0.25) is 36.3 Å². The van der Waals surface area contributed by atoms with Crippen LogP contribution in [0.5, 0.6) is 0 Å². The topological polar surface area (TPSA) is 90.9 Å². The summed E-state index contributed by atoms with van der Waals surface area (Å²) in [5.41, 5.74) is 0. The average molecular weight is 434 g/mol. The predicted molar refractivity (Wildman–Crippen MR) is 115 cm³/mol. The maximum atomic E-state index is 12.8. The summed E-state index contributed by atoms with van der Waals surface area (Å²) in [4.78, 5) is 37.2. The Morgan fingerprint density at radius 2 is 1.29 bits per heavy atom. The van der Waals surface area contributed by atoms with Gasteiger partial charge in [-0.05, 0) is 43.2 Å². The van der Waals surface area contributed by atoms with E-state index in [1.165, 1.54) is 0 Å². The van der Waals surface area contributed by atoms with Gasteiger partial charge in [0.05, 0.1) is 13.0 Å². The van der Waals surface area contributed by atoms with Crippen LogP contribution in [0, 0.1) is 0 Å². The molecule has 0 fully saturated rings. The van der Waals surface area contributed by atoms with E-state index in [0.29, 0.717) is 0 Å². The maximum absolute atomic E-state index is 12.8. The molecule has 7 nitrogen and oxygen atoms in total. The van der Waals surface area contributed by atoms with Crippen LogP contribution in [0.4, 0.5) is 4.79 Å². The molecule has 0 heterocycles. The van der Waals surface area contributed by atoms with E-state index >= 15 is 0 Å². The lowest BCUT2D eigenvalue weighted by Crippen LogP contribution is -2.51.